The number of benzene rings is 1. The number of rotatable bonds is 5. The van der Waals surface area contributed by atoms with Crippen LogP contribution in [0.15, 0.2) is 12.1 Å². The second-order valence-electron chi connectivity index (χ2n) is 5.74. The molecule has 0 bridgehead atoms. The topological polar surface area (TPSA) is 32.3 Å². The SMILES string of the molecule is Cc1cc(C)c(C(C)(O)CNCC(C)C)c(F)c1. The highest BCUT2D eigenvalue weighted by molar-refractivity contribution is 5.36. The fourth-order valence-electron chi connectivity index (χ4n) is 2.29. The van der Waals surface area contributed by atoms with Gasteiger partial charge in [0, 0.05) is 12.1 Å². The van der Waals surface area contributed by atoms with E-state index in [0.29, 0.717) is 18.0 Å². The molecule has 0 aliphatic rings. The van der Waals surface area contributed by atoms with Gasteiger partial charge in [-0.25, -0.2) is 4.39 Å². The summed E-state index contributed by atoms with van der Waals surface area (Å²) in [5, 5.41) is 13.6. The van der Waals surface area contributed by atoms with Gasteiger partial charge in [-0.15, -0.1) is 0 Å². The summed E-state index contributed by atoms with van der Waals surface area (Å²) in [6.07, 6.45) is 0. The molecule has 0 heterocycles. The second-order valence-corrected chi connectivity index (χ2v) is 5.74. The number of halogens is 1. The van der Waals surface area contributed by atoms with Crippen molar-refractivity contribution in [2.75, 3.05) is 13.1 Å². The van der Waals surface area contributed by atoms with E-state index in [1.165, 1.54) is 6.07 Å². The van der Waals surface area contributed by atoms with Crippen LogP contribution in [-0.2, 0) is 5.60 Å². The molecule has 102 valence electrons. The minimum absolute atomic E-state index is 0.330. The summed E-state index contributed by atoms with van der Waals surface area (Å²) in [6.45, 7) is 10.7. The lowest BCUT2D eigenvalue weighted by atomic mass is 9.90. The van der Waals surface area contributed by atoms with Gasteiger partial charge in [-0.3, -0.25) is 0 Å². The molecule has 0 saturated carbocycles. The van der Waals surface area contributed by atoms with Crippen molar-refractivity contribution >= 4 is 0 Å². The van der Waals surface area contributed by atoms with E-state index < -0.39 is 5.60 Å². The van der Waals surface area contributed by atoms with Crippen LogP contribution in [0.1, 0.15) is 37.5 Å². The number of aliphatic hydroxyl groups is 1. The van der Waals surface area contributed by atoms with E-state index in [9.17, 15) is 9.50 Å². The highest BCUT2D eigenvalue weighted by Gasteiger charge is 2.28. The largest absolute Gasteiger partial charge is 0.384 e. The first-order chi connectivity index (χ1) is 8.24. The third kappa shape index (κ3) is 3.79. The molecule has 1 aromatic carbocycles. The molecular formula is C15H24FNO. The smallest absolute Gasteiger partial charge is 0.129 e. The molecule has 3 heteroatoms. The molecule has 0 radical (unpaired) electrons. The zero-order valence-corrected chi connectivity index (χ0v) is 12.0. The van der Waals surface area contributed by atoms with E-state index in [2.05, 4.69) is 19.2 Å². The van der Waals surface area contributed by atoms with Crippen LogP contribution in [0.2, 0.25) is 0 Å². The maximum Gasteiger partial charge on any atom is 0.129 e. The Labute approximate surface area is 109 Å². The molecule has 1 unspecified atom stereocenters. The van der Waals surface area contributed by atoms with Crippen LogP contribution < -0.4 is 5.32 Å². The summed E-state index contributed by atoms with van der Waals surface area (Å²) in [5.74, 6) is 0.175. The van der Waals surface area contributed by atoms with E-state index >= 15 is 0 Å². The fourth-order valence-corrected chi connectivity index (χ4v) is 2.29. The third-order valence-corrected chi connectivity index (χ3v) is 2.99. The Balaban J connectivity index is 2.90. The van der Waals surface area contributed by atoms with Crippen LogP contribution in [0.5, 0.6) is 0 Å². The minimum Gasteiger partial charge on any atom is -0.384 e. The van der Waals surface area contributed by atoms with Crippen LogP contribution in [-0.4, -0.2) is 18.2 Å². The molecule has 0 fully saturated rings. The predicted molar refractivity (Wildman–Crippen MR) is 73.2 cm³/mol. The van der Waals surface area contributed by atoms with Gasteiger partial charge in [0.2, 0.25) is 0 Å². The average molecular weight is 253 g/mol. The van der Waals surface area contributed by atoms with Crippen molar-refractivity contribution in [2.24, 2.45) is 5.92 Å². The van der Waals surface area contributed by atoms with Gasteiger partial charge in [0.25, 0.3) is 0 Å². The van der Waals surface area contributed by atoms with Gasteiger partial charge in [0.1, 0.15) is 11.4 Å². The zero-order valence-electron chi connectivity index (χ0n) is 12.0. The molecule has 0 aromatic heterocycles. The fraction of sp³-hybridized carbons (Fsp3) is 0.600. The van der Waals surface area contributed by atoms with Crippen molar-refractivity contribution < 1.29 is 9.50 Å². The lowest BCUT2D eigenvalue weighted by molar-refractivity contribution is 0.0520. The van der Waals surface area contributed by atoms with E-state index in [4.69, 9.17) is 0 Å². The van der Waals surface area contributed by atoms with Crippen LogP contribution in [0, 0.1) is 25.6 Å². The first-order valence-corrected chi connectivity index (χ1v) is 6.44. The summed E-state index contributed by atoms with van der Waals surface area (Å²) >= 11 is 0. The second kappa shape index (κ2) is 5.81. The standard InChI is InChI=1S/C15H24FNO/c1-10(2)8-17-9-15(5,18)14-12(4)6-11(3)7-13(14)16/h6-7,10,17-18H,8-9H2,1-5H3. The summed E-state index contributed by atoms with van der Waals surface area (Å²) in [6, 6.07) is 3.37. The summed E-state index contributed by atoms with van der Waals surface area (Å²) in [5.41, 5.74) is 0.879. The first kappa shape index (κ1) is 15.1. The van der Waals surface area contributed by atoms with Gasteiger partial charge in [0.05, 0.1) is 0 Å². The monoisotopic (exact) mass is 253 g/mol. The van der Waals surface area contributed by atoms with Gasteiger partial charge in [-0.1, -0.05) is 19.9 Å². The van der Waals surface area contributed by atoms with Gasteiger partial charge < -0.3 is 10.4 Å². The van der Waals surface area contributed by atoms with Crippen molar-refractivity contribution in [1.82, 2.24) is 5.32 Å². The Kier molecular flexibility index (Phi) is 4.88. The Morgan fingerprint density at radius 2 is 1.94 bits per heavy atom. The Hall–Kier alpha value is -0.930. The maximum absolute atomic E-state index is 14.0. The van der Waals surface area contributed by atoms with Crippen LogP contribution in [0.3, 0.4) is 0 Å². The Morgan fingerprint density at radius 3 is 2.44 bits per heavy atom. The molecule has 2 nitrogen and oxygen atoms in total. The predicted octanol–water partition coefficient (Wildman–Crippen LogP) is 2.90. The number of hydrogen-bond acceptors (Lipinski definition) is 2. The minimum atomic E-state index is -1.18. The van der Waals surface area contributed by atoms with Crippen molar-refractivity contribution in [3.8, 4) is 0 Å². The molecular weight excluding hydrogens is 229 g/mol. The van der Waals surface area contributed by atoms with Gasteiger partial charge in [0.15, 0.2) is 0 Å². The third-order valence-electron chi connectivity index (χ3n) is 2.99. The molecule has 0 aliphatic heterocycles. The van der Waals surface area contributed by atoms with E-state index in [-0.39, 0.29) is 5.82 Å². The Bertz CT molecular complexity index is 390. The lowest BCUT2D eigenvalue weighted by Gasteiger charge is -2.27. The van der Waals surface area contributed by atoms with E-state index in [1.54, 1.807) is 6.92 Å². The van der Waals surface area contributed by atoms with Gasteiger partial charge in [-0.05, 0) is 50.4 Å². The lowest BCUT2D eigenvalue weighted by Crippen LogP contribution is -2.38. The molecule has 0 amide bonds. The molecule has 0 aliphatic carbocycles. The number of nitrogens with one attached hydrogen (secondary N) is 1. The first-order valence-electron chi connectivity index (χ1n) is 6.44. The van der Waals surface area contributed by atoms with Gasteiger partial charge >= 0.3 is 0 Å². The van der Waals surface area contributed by atoms with Crippen LogP contribution in [0.4, 0.5) is 4.39 Å². The quantitative estimate of drug-likeness (QED) is 0.845. The van der Waals surface area contributed by atoms with Crippen LogP contribution >= 0.6 is 0 Å². The highest BCUT2D eigenvalue weighted by Crippen LogP contribution is 2.27. The van der Waals surface area contributed by atoms with Crippen molar-refractivity contribution in [3.05, 3.63) is 34.6 Å². The highest BCUT2D eigenvalue weighted by atomic mass is 19.1. The van der Waals surface area contributed by atoms with Crippen molar-refractivity contribution in [3.63, 3.8) is 0 Å². The maximum atomic E-state index is 14.0. The summed E-state index contributed by atoms with van der Waals surface area (Å²) in [7, 11) is 0. The molecule has 0 spiro atoms. The van der Waals surface area contributed by atoms with Crippen molar-refractivity contribution in [2.45, 2.75) is 40.2 Å². The molecule has 1 rings (SSSR count). The summed E-state index contributed by atoms with van der Waals surface area (Å²) < 4.78 is 14.0. The van der Waals surface area contributed by atoms with E-state index in [0.717, 1.165) is 17.7 Å². The zero-order chi connectivity index (χ0) is 13.9. The molecule has 1 aromatic rings. The number of hydrogen-bond donors (Lipinski definition) is 2. The normalized spacial score (nSPS) is 14.9. The van der Waals surface area contributed by atoms with E-state index in [1.807, 2.05) is 19.9 Å². The number of aryl methyl sites for hydroxylation is 2. The summed E-state index contributed by atoms with van der Waals surface area (Å²) in [4.78, 5) is 0. The molecule has 18 heavy (non-hydrogen) atoms. The van der Waals surface area contributed by atoms with Crippen LogP contribution in [0.25, 0.3) is 0 Å². The van der Waals surface area contributed by atoms with Gasteiger partial charge in [-0.2, -0.15) is 0 Å². The molecule has 1 atom stereocenters. The molecule has 2 N–H and O–H groups in total. The van der Waals surface area contributed by atoms with Crippen molar-refractivity contribution in [1.29, 1.82) is 0 Å². The Morgan fingerprint density at radius 1 is 1.33 bits per heavy atom. The average Bonchev–Trinajstić information content (AvgIpc) is 2.13. The molecule has 0 saturated heterocycles.